The highest BCUT2D eigenvalue weighted by atomic mass is 32.1. The molecule has 0 spiro atoms. The third-order valence-corrected chi connectivity index (χ3v) is 7.00. The molecule has 33 heavy (non-hydrogen) atoms. The van der Waals surface area contributed by atoms with Crippen molar-refractivity contribution < 1.29 is 14.4 Å². The molecule has 1 fully saturated rings. The van der Waals surface area contributed by atoms with Gasteiger partial charge in [-0.1, -0.05) is 17.4 Å². The third kappa shape index (κ3) is 4.67. The molecule has 3 aromatic rings. The lowest BCUT2D eigenvalue weighted by Crippen LogP contribution is -2.33. The number of thiazole rings is 1. The zero-order chi connectivity index (χ0) is 23.7. The smallest absolute Gasteiger partial charge is 0.260 e. The summed E-state index contributed by atoms with van der Waals surface area (Å²) in [6.07, 6.45) is 1.27. The maximum atomic E-state index is 13.5. The second-order valence-electron chi connectivity index (χ2n) is 8.63. The number of amides is 3. The van der Waals surface area contributed by atoms with Crippen LogP contribution in [0.15, 0.2) is 36.4 Å². The summed E-state index contributed by atoms with van der Waals surface area (Å²) < 4.78 is 1.06. The topological polar surface area (TPSA) is 73.8 Å². The highest BCUT2D eigenvalue weighted by molar-refractivity contribution is 7.22. The Hall–Kier alpha value is -3.10. The fourth-order valence-corrected chi connectivity index (χ4v) is 4.98. The largest absolute Gasteiger partial charge is 0.309 e. The average Bonchev–Trinajstić information content (AvgIpc) is 3.37. The van der Waals surface area contributed by atoms with Crippen molar-refractivity contribution in [3.05, 3.63) is 53.1 Å². The lowest BCUT2D eigenvalue weighted by molar-refractivity contribution is -0.121. The summed E-state index contributed by atoms with van der Waals surface area (Å²) in [6, 6.07) is 10.8. The molecule has 2 heterocycles. The summed E-state index contributed by atoms with van der Waals surface area (Å²) in [6.45, 7) is 5.51. The summed E-state index contributed by atoms with van der Waals surface area (Å²) in [5.74, 6) is -0.554. The molecular formula is C25H28N4O3S. The zero-order valence-corrected chi connectivity index (χ0v) is 20.2. The lowest BCUT2D eigenvalue weighted by Gasteiger charge is -2.21. The maximum absolute atomic E-state index is 13.5. The summed E-state index contributed by atoms with van der Waals surface area (Å²) in [5.41, 5.74) is 4.23. The van der Waals surface area contributed by atoms with Crippen molar-refractivity contribution in [2.45, 2.75) is 33.1 Å². The van der Waals surface area contributed by atoms with Gasteiger partial charge in [0.05, 0.1) is 15.9 Å². The van der Waals surface area contributed by atoms with E-state index in [1.165, 1.54) is 21.8 Å². The number of carbonyl (C=O) groups is 3. The normalized spacial score (nSPS) is 14.0. The predicted molar refractivity (Wildman–Crippen MR) is 132 cm³/mol. The number of aryl methyl sites for hydroxylation is 2. The molecule has 0 unspecified atom stereocenters. The predicted octanol–water partition coefficient (Wildman–Crippen LogP) is 4.17. The molecule has 4 rings (SSSR count). The molecule has 0 N–H and O–H groups in total. The minimum atomic E-state index is -0.204. The molecule has 1 aliphatic heterocycles. The first-order valence-electron chi connectivity index (χ1n) is 11.1. The van der Waals surface area contributed by atoms with E-state index in [4.69, 9.17) is 4.98 Å². The number of hydrogen-bond donors (Lipinski definition) is 0. The summed E-state index contributed by atoms with van der Waals surface area (Å²) in [4.78, 5) is 47.5. The van der Waals surface area contributed by atoms with Gasteiger partial charge in [0.2, 0.25) is 11.8 Å². The van der Waals surface area contributed by atoms with E-state index in [1.54, 1.807) is 29.2 Å². The summed E-state index contributed by atoms with van der Waals surface area (Å²) in [5, 5.41) is 0.677. The zero-order valence-electron chi connectivity index (χ0n) is 19.4. The fourth-order valence-electron chi connectivity index (χ4n) is 3.93. The molecule has 2 aromatic carbocycles. The van der Waals surface area contributed by atoms with Crippen LogP contribution in [-0.4, -0.2) is 54.8 Å². The first-order chi connectivity index (χ1) is 15.8. The Balaban J connectivity index is 1.64. The molecule has 8 heteroatoms. The van der Waals surface area contributed by atoms with Gasteiger partial charge in [0.25, 0.3) is 5.91 Å². The Morgan fingerprint density at radius 2 is 1.67 bits per heavy atom. The van der Waals surface area contributed by atoms with Crippen LogP contribution in [-0.2, 0) is 9.59 Å². The van der Waals surface area contributed by atoms with Crippen LogP contribution >= 0.6 is 11.3 Å². The van der Waals surface area contributed by atoms with Gasteiger partial charge in [-0.25, -0.2) is 4.98 Å². The first-order valence-corrected chi connectivity index (χ1v) is 11.9. The Morgan fingerprint density at radius 3 is 2.30 bits per heavy atom. The number of aromatic nitrogens is 1. The van der Waals surface area contributed by atoms with Crippen molar-refractivity contribution in [1.82, 2.24) is 9.88 Å². The Morgan fingerprint density at radius 1 is 1.00 bits per heavy atom. The van der Waals surface area contributed by atoms with Gasteiger partial charge in [0.1, 0.15) is 0 Å². The quantitative estimate of drug-likeness (QED) is 0.491. The van der Waals surface area contributed by atoms with Crippen molar-refractivity contribution in [3.63, 3.8) is 0 Å². The van der Waals surface area contributed by atoms with Crippen LogP contribution in [0, 0.1) is 13.8 Å². The van der Waals surface area contributed by atoms with E-state index < -0.39 is 0 Å². The van der Waals surface area contributed by atoms with Crippen molar-refractivity contribution >= 4 is 50.1 Å². The number of benzene rings is 2. The van der Waals surface area contributed by atoms with Gasteiger partial charge >= 0.3 is 0 Å². The third-order valence-electron chi connectivity index (χ3n) is 5.96. The van der Waals surface area contributed by atoms with Crippen LogP contribution in [0.5, 0.6) is 0 Å². The number of carbonyl (C=O) groups excluding carboxylic acids is 3. The van der Waals surface area contributed by atoms with Crippen molar-refractivity contribution in [2.24, 2.45) is 0 Å². The van der Waals surface area contributed by atoms with Crippen LogP contribution in [0.4, 0.5) is 10.8 Å². The Labute approximate surface area is 197 Å². The van der Waals surface area contributed by atoms with Gasteiger partial charge in [-0.2, -0.15) is 0 Å². The van der Waals surface area contributed by atoms with E-state index >= 15 is 0 Å². The Kier molecular flexibility index (Phi) is 6.58. The molecule has 0 atom stereocenters. The van der Waals surface area contributed by atoms with Crippen LogP contribution in [0.1, 0.15) is 40.7 Å². The van der Waals surface area contributed by atoms with E-state index in [2.05, 4.69) is 30.9 Å². The second-order valence-corrected chi connectivity index (χ2v) is 9.64. The number of imide groups is 1. The molecule has 7 nitrogen and oxygen atoms in total. The summed E-state index contributed by atoms with van der Waals surface area (Å²) in [7, 11) is 4.02. The van der Waals surface area contributed by atoms with Crippen molar-refractivity contribution in [2.75, 3.05) is 37.0 Å². The van der Waals surface area contributed by atoms with Gasteiger partial charge in [0, 0.05) is 24.9 Å². The molecular weight excluding hydrogens is 436 g/mol. The van der Waals surface area contributed by atoms with Crippen LogP contribution < -0.4 is 9.80 Å². The number of nitrogens with zero attached hydrogens (tertiary/aromatic N) is 4. The monoisotopic (exact) mass is 464 g/mol. The number of rotatable bonds is 7. The van der Waals surface area contributed by atoms with Crippen LogP contribution in [0.3, 0.4) is 0 Å². The molecule has 1 saturated heterocycles. The fraction of sp³-hybridized carbons (Fsp3) is 0.360. The van der Waals surface area contributed by atoms with Crippen molar-refractivity contribution in [1.29, 1.82) is 0 Å². The Bertz CT molecular complexity index is 1200. The molecule has 0 saturated carbocycles. The van der Waals surface area contributed by atoms with Gasteiger partial charge < -0.3 is 4.90 Å². The van der Waals surface area contributed by atoms with E-state index in [-0.39, 0.29) is 30.6 Å². The van der Waals surface area contributed by atoms with E-state index in [0.29, 0.717) is 22.9 Å². The van der Waals surface area contributed by atoms with E-state index in [0.717, 1.165) is 28.7 Å². The van der Waals surface area contributed by atoms with Crippen molar-refractivity contribution in [3.8, 4) is 0 Å². The molecule has 172 valence electrons. The first kappa shape index (κ1) is 23.1. The second kappa shape index (κ2) is 9.41. The SMILES string of the molecule is Cc1ccc2sc(N(CCCN(C)C)C(=O)c3ccc(N4C(=O)CCC4=O)cc3)nc2c1C. The maximum Gasteiger partial charge on any atom is 0.260 e. The van der Waals surface area contributed by atoms with E-state index in [9.17, 15) is 14.4 Å². The highest BCUT2D eigenvalue weighted by Crippen LogP contribution is 2.33. The van der Waals surface area contributed by atoms with Gasteiger partial charge in [-0.05, 0) is 82.4 Å². The minimum Gasteiger partial charge on any atom is -0.309 e. The van der Waals surface area contributed by atoms with Crippen LogP contribution in [0.2, 0.25) is 0 Å². The summed E-state index contributed by atoms with van der Waals surface area (Å²) >= 11 is 1.52. The van der Waals surface area contributed by atoms with E-state index in [1.807, 2.05) is 14.1 Å². The molecule has 0 radical (unpaired) electrons. The lowest BCUT2D eigenvalue weighted by atomic mass is 10.1. The van der Waals surface area contributed by atoms with Crippen LogP contribution in [0.25, 0.3) is 10.2 Å². The standard InChI is InChI=1S/C25H28N4O3S/c1-16-6-11-20-23(17(16)2)26-25(33-20)28(15-5-14-27(3)4)24(32)18-7-9-19(10-8-18)29-21(30)12-13-22(29)31/h6-11H,5,12-15H2,1-4H3. The molecule has 1 aliphatic rings. The molecule has 1 aromatic heterocycles. The highest BCUT2D eigenvalue weighted by Gasteiger charge is 2.30. The molecule has 0 aliphatic carbocycles. The number of fused-ring (bicyclic) bond motifs is 1. The number of hydrogen-bond acceptors (Lipinski definition) is 6. The number of anilines is 2. The van der Waals surface area contributed by atoms with Gasteiger partial charge in [-0.15, -0.1) is 0 Å². The van der Waals surface area contributed by atoms with Gasteiger partial charge in [-0.3, -0.25) is 24.2 Å². The molecule has 0 bridgehead atoms. The minimum absolute atomic E-state index is 0.146. The molecule has 3 amide bonds. The van der Waals surface area contributed by atoms with Gasteiger partial charge in [0.15, 0.2) is 5.13 Å². The average molecular weight is 465 g/mol.